The summed E-state index contributed by atoms with van der Waals surface area (Å²) in [6, 6.07) is 12.2. The fourth-order valence-electron chi connectivity index (χ4n) is 3.20. The van der Waals surface area contributed by atoms with Crippen molar-refractivity contribution in [2.45, 2.75) is 12.8 Å². The monoisotopic (exact) mass is 377 g/mol. The molecule has 2 aromatic carbocycles. The van der Waals surface area contributed by atoms with E-state index in [0.717, 1.165) is 23.0 Å². The van der Waals surface area contributed by atoms with Crippen LogP contribution in [0.2, 0.25) is 0 Å². The lowest BCUT2D eigenvalue weighted by Gasteiger charge is -2.15. The number of anilines is 2. The fourth-order valence-corrected chi connectivity index (χ4v) is 3.20. The van der Waals surface area contributed by atoms with Gasteiger partial charge in [-0.15, -0.1) is 0 Å². The topological polar surface area (TPSA) is 107 Å². The molecule has 3 N–H and O–H groups in total. The first-order valence-corrected chi connectivity index (χ1v) is 9.02. The van der Waals surface area contributed by atoms with E-state index in [4.69, 9.17) is 0 Å². The third-order valence-electron chi connectivity index (χ3n) is 4.65. The van der Waals surface area contributed by atoms with Gasteiger partial charge in [0, 0.05) is 35.3 Å². The summed E-state index contributed by atoms with van der Waals surface area (Å²) in [6.45, 7) is 0.559. The van der Waals surface area contributed by atoms with Crippen LogP contribution >= 0.6 is 0 Å². The Morgan fingerprint density at radius 1 is 1.14 bits per heavy atom. The molecule has 0 bridgehead atoms. The molecule has 0 atom stereocenters. The number of hydrogen-bond donors (Lipinski definition) is 3. The van der Waals surface area contributed by atoms with Gasteiger partial charge in [-0.3, -0.25) is 19.5 Å². The van der Waals surface area contributed by atoms with Crippen molar-refractivity contribution in [2.24, 2.45) is 0 Å². The van der Waals surface area contributed by atoms with Crippen LogP contribution in [0, 0.1) is 0 Å². The third kappa shape index (κ3) is 3.71. The largest absolute Gasteiger partial charge is 0.343 e. The molecule has 1 saturated heterocycles. The average Bonchev–Trinajstić information content (AvgIpc) is 3.34. The van der Waals surface area contributed by atoms with E-state index in [2.05, 4.69) is 20.8 Å². The zero-order chi connectivity index (χ0) is 19.5. The molecular weight excluding hydrogens is 358 g/mol. The second kappa shape index (κ2) is 7.51. The van der Waals surface area contributed by atoms with Crippen molar-refractivity contribution in [3.63, 3.8) is 0 Å². The smallest absolute Gasteiger partial charge is 0.251 e. The van der Waals surface area contributed by atoms with Gasteiger partial charge in [0.25, 0.3) is 5.91 Å². The summed E-state index contributed by atoms with van der Waals surface area (Å²) in [4.78, 5) is 37.8. The maximum absolute atomic E-state index is 12.3. The maximum Gasteiger partial charge on any atom is 0.251 e. The van der Waals surface area contributed by atoms with Gasteiger partial charge in [-0.05, 0) is 48.9 Å². The number of benzene rings is 2. The van der Waals surface area contributed by atoms with Crippen molar-refractivity contribution in [1.29, 1.82) is 0 Å². The van der Waals surface area contributed by atoms with Gasteiger partial charge in [-0.25, -0.2) is 0 Å². The quantitative estimate of drug-likeness (QED) is 0.632. The van der Waals surface area contributed by atoms with E-state index >= 15 is 0 Å². The van der Waals surface area contributed by atoms with Gasteiger partial charge in [-0.2, -0.15) is 5.10 Å². The van der Waals surface area contributed by atoms with Crippen molar-refractivity contribution in [3.8, 4) is 0 Å². The molecule has 0 spiro atoms. The molecule has 28 heavy (non-hydrogen) atoms. The highest BCUT2D eigenvalue weighted by molar-refractivity contribution is 6.01. The van der Waals surface area contributed by atoms with Crippen LogP contribution in [0.15, 0.2) is 48.7 Å². The molecule has 1 fully saturated rings. The van der Waals surface area contributed by atoms with E-state index in [9.17, 15) is 14.4 Å². The second-order valence-electron chi connectivity index (χ2n) is 6.60. The predicted molar refractivity (Wildman–Crippen MR) is 105 cm³/mol. The average molecular weight is 377 g/mol. The van der Waals surface area contributed by atoms with E-state index in [-0.39, 0.29) is 24.3 Å². The number of rotatable bonds is 5. The minimum atomic E-state index is -0.347. The third-order valence-corrected chi connectivity index (χ3v) is 4.65. The minimum absolute atomic E-state index is 0.0995. The van der Waals surface area contributed by atoms with Gasteiger partial charge >= 0.3 is 0 Å². The van der Waals surface area contributed by atoms with Crippen LogP contribution in [-0.4, -0.2) is 41.0 Å². The van der Waals surface area contributed by atoms with Crippen LogP contribution < -0.4 is 15.5 Å². The molecule has 0 unspecified atom stereocenters. The highest BCUT2D eigenvalue weighted by Crippen LogP contribution is 2.21. The number of fused-ring (bicyclic) bond motifs is 1. The van der Waals surface area contributed by atoms with Crippen molar-refractivity contribution < 1.29 is 14.4 Å². The summed E-state index contributed by atoms with van der Waals surface area (Å²) < 4.78 is 0. The van der Waals surface area contributed by atoms with E-state index in [0.29, 0.717) is 24.2 Å². The molecule has 4 rings (SSSR count). The number of aromatic nitrogens is 2. The van der Waals surface area contributed by atoms with Gasteiger partial charge in [-0.1, -0.05) is 0 Å². The summed E-state index contributed by atoms with van der Waals surface area (Å²) in [5.74, 6) is -0.572. The van der Waals surface area contributed by atoms with Crippen molar-refractivity contribution in [1.82, 2.24) is 15.5 Å². The Bertz CT molecular complexity index is 1040. The van der Waals surface area contributed by atoms with Crippen molar-refractivity contribution in [2.75, 3.05) is 23.3 Å². The van der Waals surface area contributed by atoms with E-state index in [1.54, 1.807) is 47.5 Å². The summed E-state index contributed by atoms with van der Waals surface area (Å²) in [5, 5.41) is 13.0. The number of carbonyl (C=O) groups excluding carboxylic acids is 3. The Labute approximate surface area is 160 Å². The molecule has 2 heterocycles. The van der Waals surface area contributed by atoms with E-state index in [1.807, 2.05) is 6.07 Å². The molecule has 0 aliphatic carbocycles. The van der Waals surface area contributed by atoms with Gasteiger partial charge in [0.15, 0.2) is 0 Å². The fraction of sp³-hybridized carbons (Fsp3) is 0.200. The molecule has 0 radical (unpaired) electrons. The standard InChI is InChI=1S/C20H19N5O3/c26-18(23-15-5-8-17-14(10-15)11-22-24-17)12-21-20(28)13-3-6-16(7-4-13)25-9-1-2-19(25)27/h3-8,10-11H,1-2,9,12H2,(H,21,28)(H,22,24)(H,23,26). The molecule has 3 amide bonds. The van der Waals surface area contributed by atoms with Gasteiger partial charge in [0.05, 0.1) is 18.3 Å². The van der Waals surface area contributed by atoms with Crippen LogP contribution in [0.5, 0.6) is 0 Å². The van der Waals surface area contributed by atoms with E-state index in [1.165, 1.54) is 0 Å². The Morgan fingerprint density at radius 2 is 1.96 bits per heavy atom. The number of nitrogens with zero attached hydrogens (tertiary/aromatic N) is 2. The number of nitrogens with one attached hydrogen (secondary N) is 3. The zero-order valence-corrected chi connectivity index (χ0v) is 15.1. The lowest BCUT2D eigenvalue weighted by atomic mass is 10.2. The summed E-state index contributed by atoms with van der Waals surface area (Å²) in [5.41, 5.74) is 2.73. The van der Waals surface area contributed by atoms with Crippen molar-refractivity contribution in [3.05, 3.63) is 54.2 Å². The molecule has 1 aromatic heterocycles. The minimum Gasteiger partial charge on any atom is -0.343 e. The van der Waals surface area contributed by atoms with E-state index < -0.39 is 0 Å². The number of hydrogen-bond acceptors (Lipinski definition) is 4. The SMILES string of the molecule is O=C(CNC(=O)c1ccc(N2CCCC2=O)cc1)Nc1ccc2[nH]ncc2c1. The van der Waals surface area contributed by atoms with Crippen LogP contribution in [-0.2, 0) is 9.59 Å². The van der Waals surface area contributed by atoms with Gasteiger partial charge in [0.1, 0.15) is 0 Å². The second-order valence-corrected chi connectivity index (χ2v) is 6.60. The summed E-state index contributed by atoms with van der Waals surface area (Å²) in [7, 11) is 0. The van der Waals surface area contributed by atoms with Gasteiger partial charge < -0.3 is 15.5 Å². The lowest BCUT2D eigenvalue weighted by Crippen LogP contribution is -2.32. The molecule has 8 heteroatoms. The highest BCUT2D eigenvalue weighted by atomic mass is 16.2. The molecule has 1 aliphatic heterocycles. The Morgan fingerprint density at radius 3 is 2.71 bits per heavy atom. The number of H-pyrrole nitrogens is 1. The molecule has 1 aliphatic rings. The Hall–Kier alpha value is -3.68. The highest BCUT2D eigenvalue weighted by Gasteiger charge is 2.21. The van der Waals surface area contributed by atoms with Crippen LogP contribution in [0.25, 0.3) is 10.9 Å². The molecular formula is C20H19N5O3. The molecule has 142 valence electrons. The summed E-state index contributed by atoms with van der Waals surface area (Å²) in [6.07, 6.45) is 3.08. The molecule has 0 saturated carbocycles. The predicted octanol–water partition coefficient (Wildman–Crippen LogP) is 2.06. The summed E-state index contributed by atoms with van der Waals surface area (Å²) >= 11 is 0. The molecule has 8 nitrogen and oxygen atoms in total. The zero-order valence-electron chi connectivity index (χ0n) is 15.1. The van der Waals surface area contributed by atoms with Crippen molar-refractivity contribution >= 4 is 40.0 Å². The lowest BCUT2D eigenvalue weighted by molar-refractivity contribution is -0.117. The number of carbonyl (C=O) groups is 3. The first-order valence-electron chi connectivity index (χ1n) is 9.02. The van der Waals surface area contributed by atoms with Gasteiger partial charge in [0.2, 0.25) is 11.8 Å². The Kier molecular flexibility index (Phi) is 4.76. The Balaban J connectivity index is 1.32. The number of amides is 3. The molecule has 3 aromatic rings. The first-order chi connectivity index (χ1) is 13.6. The van der Waals surface area contributed by atoms with Crippen LogP contribution in [0.4, 0.5) is 11.4 Å². The first kappa shape index (κ1) is 17.7. The number of aromatic amines is 1. The van der Waals surface area contributed by atoms with Crippen LogP contribution in [0.3, 0.4) is 0 Å². The maximum atomic E-state index is 12.3. The van der Waals surface area contributed by atoms with Crippen LogP contribution in [0.1, 0.15) is 23.2 Å². The normalized spacial score (nSPS) is 13.7.